The predicted octanol–water partition coefficient (Wildman–Crippen LogP) is -0.469. The van der Waals surface area contributed by atoms with E-state index < -0.39 is 10.0 Å². The Kier molecular flexibility index (Phi) is 3.67. The summed E-state index contributed by atoms with van der Waals surface area (Å²) in [6.07, 6.45) is 3.11. The fourth-order valence-electron chi connectivity index (χ4n) is 1.87. The lowest BCUT2D eigenvalue weighted by atomic mass is 10.3. The molecule has 1 aromatic heterocycles. The molecule has 0 aromatic carbocycles. The summed E-state index contributed by atoms with van der Waals surface area (Å²) in [5.74, 6) is 1.26. The van der Waals surface area contributed by atoms with Crippen LogP contribution in [0.2, 0.25) is 0 Å². The van der Waals surface area contributed by atoms with Crippen molar-refractivity contribution in [2.24, 2.45) is 0 Å². The zero-order valence-corrected chi connectivity index (χ0v) is 11.1. The van der Waals surface area contributed by atoms with Gasteiger partial charge in [-0.2, -0.15) is 4.31 Å². The topological polar surface area (TPSA) is 92.4 Å². The molecule has 18 heavy (non-hydrogen) atoms. The molecule has 0 radical (unpaired) electrons. The first kappa shape index (κ1) is 13.0. The average Bonchev–Trinajstić information content (AvgIpc) is 2.40. The standard InChI is InChI=1S/C10H17N5O2S/c1-2-18(16,17)15-5-3-14(4-6-15)10-8-12-9(11)7-13-10/h7-8H,2-6H2,1H3,(H2,11,12). The van der Waals surface area contributed by atoms with E-state index >= 15 is 0 Å². The Morgan fingerprint density at radius 3 is 2.39 bits per heavy atom. The average molecular weight is 271 g/mol. The normalized spacial score (nSPS) is 17.9. The summed E-state index contributed by atoms with van der Waals surface area (Å²) in [5, 5.41) is 0. The fourth-order valence-corrected chi connectivity index (χ4v) is 2.96. The van der Waals surface area contributed by atoms with Crippen LogP contribution in [0.5, 0.6) is 0 Å². The van der Waals surface area contributed by atoms with E-state index in [1.807, 2.05) is 4.90 Å². The molecule has 1 aromatic rings. The van der Waals surface area contributed by atoms with Crippen molar-refractivity contribution in [1.29, 1.82) is 0 Å². The molecule has 0 spiro atoms. The molecule has 1 aliphatic heterocycles. The number of nitrogens with zero attached hydrogens (tertiary/aromatic N) is 4. The first-order chi connectivity index (χ1) is 8.53. The van der Waals surface area contributed by atoms with E-state index in [4.69, 9.17) is 5.73 Å². The molecule has 0 saturated carbocycles. The number of hydrogen-bond donors (Lipinski definition) is 1. The quantitative estimate of drug-likeness (QED) is 0.799. The van der Waals surface area contributed by atoms with Crippen LogP contribution in [0.3, 0.4) is 0 Å². The summed E-state index contributed by atoms with van der Waals surface area (Å²) in [6, 6.07) is 0. The lowest BCUT2D eigenvalue weighted by Gasteiger charge is -2.34. The maximum absolute atomic E-state index is 11.7. The maximum atomic E-state index is 11.7. The minimum absolute atomic E-state index is 0.147. The minimum atomic E-state index is -3.08. The van der Waals surface area contributed by atoms with Crippen molar-refractivity contribution < 1.29 is 8.42 Å². The van der Waals surface area contributed by atoms with Crippen molar-refractivity contribution in [2.45, 2.75) is 6.92 Å². The van der Waals surface area contributed by atoms with Crippen molar-refractivity contribution in [3.8, 4) is 0 Å². The van der Waals surface area contributed by atoms with E-state index in [-0.39, 0.29) is 5.75 Å². The summed E-state index contributed by atoms with van der Waals surface area (Å²) in [6.45, 7) is 3.88. The summed E-state index contributed by atoms with van der Waals surface area (Å²) < 4.78 is 24.9. The van der Waals surface area contributed by atoms with Crippen LogP contribution in [-0.4, -0.2) is 54.6 Å². The van der Waals surface area contributed by atoms with Crippen LogP contribution in [0.25, 0.3) is 0 Å². The molecule has 0 unspecified atom stereocenters. The van der Waals surface area contributed by atoms with Gasteiger partial charge in [0.1, 0.15) is 11.6 Å². The van der Waals surface area contributed by atoms with Gasteiger partial charge in [0.15, 0.2) is 0 Å². The third-order valence-corrected chi connectivity index (χ3v) is 4.86. The SMILES string of the molecule is CCS(=O)(=O)N1CCN(c2cnc(N)cn2)CC1. The van der Waals surface area contributed by atoms with Crippen molar-refractivity contribution >= 4 is 21.7 Å². The lowest BCUT2D eigenvalue weighted by molar-refractivity contribution is 0.384. The summed E-state index contributed by atoms with van der Waals surface area (Å²) in [5.41, 5.74) is 5.47. The van der Waals surface area contributed by atoms with Gasteiger partial charge in [-0.1, -0.05) is 0 Å². The molecular formula is C10H17N5O2S. The molecule has 0 aliphatic carbocycles. The van der Waals surface area contributed by atoms with Gasteiger partial charge in [0, 0.05) is 26.2 Å². The highest BCUT2D eigenvalue weighted by Crippen LogP contribution is 2.14. The van der Waals surface area contributed by atoms with Gasteiger partial charge in [0.05, 0.1) is 18.1 Å². The molecular weight excluding hydrogens is 254 g/mol. The number of hydrogen-bond acceptors (Lipinski definition) is 6. The number of sulfonamides is 1. The highest BCUT2D eigenvalue weighted by atomic mass is 32.2. The predicted molar refractivity (Wildman–Crippen MR) is 69.7 cm³/mol. The van der Waals surface area contributed by atoms with Crippen LogP contribution >= 0.6 is 0 Å². The third kappa shape index (κ3) is 2.70. The molecule has 1 saturated heterocycles. The van der Waals surface area contributed by atoms with Gasteiger partial charge in [0.25, 0.3) is 0 Å². The van der Waals surface area contributed by atoms with Crippen LogP contribution in [0.4, 0.5) is 11.6 Å². The van der Waals surface area contributed by atoms with Crippen molar-refractivity contribution in [2.75, 3.05) is 42.6 Å². The van der Waals surface area contributed by atoms with Crippen LogP contribution in [0.15, 0.2) is 12.4 Å². The summed E-state index contributed by atoms with van der Waals surface area (Å²) >= 11 is 0. The molecule has 7 nitrogen and oxygen atoms in total. The zero-order valence-electron chi connectivity index (χ0n) is 10.3. The second-order valence-corrected chi connectivity index (χ2v) is 6.34. The monoisotopic (exact) mass is 271 g/mol. The lowest BCUT2D eigenvalue weighted by Crippen LogP contribution is -2.49. The van der Waals surface area contributed by atoms with Gasteiger partial charge in [-0.25, -0.2) is 18.4 Å². The highest BCUT2D eigenvalue weighted by Gasteiger charge is 2.25. The largest absolute Gasteiger partial charge is 0.382 e. The molecule has 2 heterocycles. The summed E-state index contributed by atoms with van der Waals surface area (Å²) in [7, 11) is -3.08. The molecule has 1 aliphatic rings. The molecule has 8 heteroatoms. The van der Waals surface area contributed by atoms with Gasteiger partial charge in [-0.3, -0.25) is 0 Å². The Bertz CT molecular complexity index is 494. The number of rotatable bonds is 3. The second-order valence-electron chi connectivity index (χ2n) is 4.09. The highest BCUT2D eigenvalue weighted by molar-refractivity contribution is 7.89. The first-order valence-electron chi connectivity index (χ1n) is 5.83. The van der Waals surface area contributed by atoms with Gasteiger partial charge in [-0.05, 0) is 6.92 Å². The number of piperazine rings is 1. The Labute approximate surface area is 107 Å². The maximum Gasteiger partial charge on any atom is 0.213 e. The number of aromatic nitrogens is 2. The molecule has 100 valence electrons. The van der Waals surface area contributed by atoms with E-state index in [0.29, 0.717) is 32.0 Å². The fraction of sp³-hybridized carbons (Fsp3) is 0.600. The molecule has 1 fully saturated rings. The van der Waals surface area contributed by atoms with Gasteiger partial charge in [0.2, 0.25) is 10.0 Å². The van der Waals surface area contributed by atoms with E-state index in [1.54, 1.807) is 13.1 Å². The molecule has 2 N–H and O–H groups in total. The minimum Gasteiger partial charge on any atom is -0.382 e. The molecule has 0 bridgehead atoms. The van der Waals surface area contributed by atoms with Crippen molar-refractivity contribution in [3.05, 3.63) is 12.4 Å². The van der Waals surface area contributed by atoms with Crippen LogP contribution < -0.4 is 10.6 Å². The first-order valence-corrected chi connectivity index (χ1v) is 7.44. The smallest absolute Gasteiger partial charge is 0.213 e. The molecule has 0 amide bonds. The van der Waals surface area contributed by atoms with Crippen molar-refractivity contribution in [1.82, 2.24) is 14.3 Å². The number of anilines is 2. The third-order valence-electron chi connectivity index (χ3n) is 2.98. The molecule has 2 rings (SSSR count). The molecule has 0 atom stereocenters. The Hall–Kier alpha value is -1.41. The van der Waals surface area contributed by atoms with E-state index in [1.165, 1.54) is 10.5 Å². The zero-order chi connectivity index (χ0) is 13.2. The second kappa shape index (κ2) is 5.07. The van der Waals surface area contributed by atoms with Crippen LogP contribution in [0.1, 0.15) is 6.92 Å². The van der Waals surface area contributed by atoms with Crippen LogP contribution in [0, 0.1) is 0 Å². The summed E-state index contributed by atoms with van der Waals surface area (Å²) in [4.78, 5) is 10.2. The number of nitrogen functional groups attached to an aromatic ring is 1. The Morgan fingerprint density at radius 2 is 1.89 bits per heavy atom. The van der Waals surface area contributed by atoms with E-state index in [9.17, 15) is 8.42 Å². The van der Waals surface area contributed by atoms with Gasteiger partial charge in [-0.15, -0.1) is 0 Å². The van der Waals surface area contributed by atoms with Gasteiger partial charge < -0.3 is 10.6 Å². The Morgan fingerprint density at radius 1 is 1.22 bits per heavy atom. The Balaban J connectivity index is 2.01. The van der Waals surface area contributed by atoms with Crippen molar-refractivity contribution in [3.63, 3.8) is 0 Å². The number of nitrogens with two attached hydrogens (primary N) is 1. The van der Waals surface area contributed by atoms with Gasteiger partial charge >= 0.3 is 0 Å². The van der Waals surface area contributed by atoms with E-state index in [0.717, 1.165) is 5.82 Å². The van der Waals surface area contributed by atoms with Crippen LogP contribution in [-0.2, 0) is 10.0 Å². The van der Waals surface area contributed by atoms with E-state index in [2.05, 4.69) is 9.97 Å².